The van der Waals surface area contributed by atoms with E-state index in [4.69, 9.17) is 15.5 Å². The molecule has 2 aliphatic rings. The highest BCUT2D eigenvalue weighted by molar-refractivity contribution is 8.02. The molecule has 12 heteroatoms. The molecule has 3 heterocycles. The van der Waals surface area contributed by atoms with E-state index in [-0.39, 0.29) is 29.0 Å². The minimum Gasteiger partial charge on any atom is -0.386 e. The molecule has 2 aliphatic heterocycles. The Hall–Kier alpha value is -2.73. The maximum Gasteiger partial charge on any atom is 0.275 e. The van der Waals surface area contributed by atoms with Crippen molar-refractivity contribution in [3.63, 3.8) is 0 Å². The van der Waals surface area contributed by atoms with Gasteiger partial charge in [-0.15, -0.1) is 11.8 Å². The van der Waals surface area contributed by atoms with E-state index >= 15 is 4.39 Å². The molecule has 0 bridgehead atoms. The second-order valence-electron chi connectivity index (χ2n) is 9.01. The third-order valence-corrected chi connectivity index (χ3v) is 7.78. The maximum atomic E-state index is 15.1. The molecule has 2 unspecified atom stereocenters. The molecular formula is C23H30F2N6O3S. The molecule has 0 spiro atoms. The monoisotopic (exact) mass is 508 g/mol. The summed E-state index contributed by atoms with van der Waals surface area (Å²) in [5.74, 6) is -0.588. The molecule has 9 nitrogen and oxygen atoms in total. The van der Waals surface area contributed by atoms with Crippen LogP contribution in [0, 0.1) is 10.7 Å². The Morgan fingerprint density at radius 2 is 2.11 bits per heavy atom. The predicted octanol–water partition coefficient (Wildman–Crippen LogP) is 4.23. The van der Waals surface area contributed by atoms with Gasteiger partial charge in [0, 0.05) is 11.5 Å². The molecule has 0 saturated heterocycles. The van der Waals surface area contributed by atoms with Gasteiger partial charge in [-0.05, 0) is 52.2 Å². The molecule has 1 aromatic heterocycles. The number of nitrogens with two attached hydrogens (primary N) is 1. The van der Waals surface area contributed by atoms with Crippen molar-refractivity contribution in [1.29, 1.82) is 0 Å². The second kappa shape index (κ2) is 11.3. The summed E-state index contributed by atoms with van der Waals surface area (Å²) in [6.45, 7) is 4.97. The van der Waals surface area contributed by atoms with Gasteiger partial charge >= 0.3 is 0 Å². The SMILES string of the molecule is CC1(C)SC(CCCCN=O)[C@@](C)(c2nc(NC(=O)C3=CCC(OCF)C=N3)ccc2F)N=C1N. The molecule has 3 atom stereocenters. The minimum atomic E-state index is -1.09. The van der Waals surface area contributed by atoms with Crippen molar-refractivity contribution in [2.75, 3.05) is 18.7 Å². The summed E-state index contributed by atoms with van der Waals surface area (Å²) in [7, 11) is 0. The van der Waals surface area contributed by atoms with Crippen LogP contribution in [0.5, 0.6) is 0 Å². The highest BCUT2D eigenvalue weighted by atomic mass is 32.2. The van der Waals surface area contributed by atoms with Gasteiger partial charge in [-0.25, -0.2) is 13.8 Å². The van der Waals surface area contributed by atoms with E-state index in [1.807, 2.05) is 13.8 Å². The van der Waals surface area contributed by atoms with Gasteiger partial charge in [0.2, 0.25) is 0 Å². The zero-order valence-corrected chi connectivity index (χ0v) is 20.8. The first-order chi connectivity index (χ1) is 16.6. The van der Waals surface area contributed by atoms with E-state index in [1.54, 1.807) is 18.7 Å². The number of hydrogen-bond acceptors (Lipinski definition) is 9. The van der Waals surface area contributed by atoms with E-state index in [0.717, 1.165) is 0 Å². The summed E-state index contributed by atoms with van der Waals surface area (Å²) in [6.07, 6.45) is 4.66. The van der Waals surface area contributed by atoms with Gasteiger partial charge in [0.05, 0.1) is 17.4 Å². The number of aliphatic imine (C=N–C) groups is 2. The third-order valence-electron chi connectivity index (χ3n) is 6.00. The first-order valence-electron chi connectivity index (χ1n) is 11.3. The summed E-state index contributed by atoms with van der Waals surface area (Å²) in [5.41, 5.74) is 5.36. The quantitative estimate of drug-likeness (QED) is 0.359. The number of alkyl halides is 1. The Bertz CT molecular complexity index is 1050. The molecule has 3 rings (SSSR count). The van der Waals surface area contributed by atoms with Crippen LogP contribution < -0.4 is 11.1 Å². The van der Waals surface area contributed by atoms with Crippen molar-refractivity contribution >= 4 is 35.5 Å². The number of rotatable bonds is 10. The standard InChI is InChI=1S/C23H30F2N6O3S/c1-22(2)21(26)31-23(3,17(35-22)6-4-5-11-28-33)19-15(25)8-10-18(29-19)30-20(32)16-9-7-14(12-27-16)34-13-24/h8-10,12,14,17H,4-7,11,13H2,1-3H3,(H2,26,31)(H,29,30,32)/t14?,17?,23-/m0/s1. The van der Waals surface area contributed by atoms with E-state index < -0.39 is 35.0 Å². The number of nitroso groups, excluding NO2 is 1. The van der Waals surface area contributed by atoms with Crippen LogP contribution in [0.25, 0.3) is 0 Å². The van der Waals surface area contributed by atoms with Crippen LogP contribution in [-0.4, -0.2) is 52.4 Å². The van der Waals surface area contributed by atoms with E-state index in [9.17, 15) is 14.1 Å². The largest absolute Gasteiger partial charge is 0.386 e. The summed E-state index contributed by atoms with van der Waals surface area (Å²) in [4.78, 5) is 36.3. The lowest BCUT2D eigenvalue weighted by atomic mass is 9.88. The topological polar surface area (TPSA) is 131 Å². The summed E-state index contributed by atoms with van der Waals surface area (Å²) >= 11 is 1.59. The fraction of sp³-hybridized carbons (Fsp3) is 0.565. The molecule has 190 valence electrons. The number of nitrogens with zero attached hydrogens (tertiary/aromatic N) is 4. The molecule has 1 amide bonds. The van der Waals surface area contributed by atoms with Crippen LogP contribution in [0.2, 0.25) is 0 Å². The fourth-order valence-corrected chi connectivity index (χ4v) is 5.49. The predicted molar refractivity (Wildman–Crippen MR) is 134 cm³/mol. The summed E-state index contributed by atoms with van der Waals surface area (Å²) < 4.78 is 31.8. The number of amides is 1. The summed E-state index contributed by atoms with van der Waals surface area (Å²) in [5, 5.41) is 5.36. The zero-order chi connectivity index (χ0) is 25.6. The van der Waals surface area contributed by atoms with Crippen LogP contribution in [0.15, 0.2) is 39.1 Å². The van der Waals surface area contributed by atoms with Gasteiger partial charge in [0.15, 0.2) is 6.86 Å². The Kier molecular flexibility index (Phi) is 8.70. The Morgan fingerprint density at radius 3 is 2.77 bits per heavy atom. The van der Waals surface area contributed by atoms with Crippen molar-refractivity contribution in [1.82, 2.24) is 4.98 Å². The van der Waals surface area contributed by atoms with E-state index in [0.29, 0.717) is 31.5 Å². The fourth-order valence-electron chi connectivity index (χ4n) is 3.93. The van der Waals surface area contributed by atoms with Crippen molar-refractivity contribution in [3.8, 4) is 0 Å². The van der Waals surface area contributed by atoms with Crippen molar-refractivity contribution in [3.05, 3.63) is 40.3 Å². The Morgan fingerprint density at radius 1 is 1.34 bits per heavy atom. The highest BCUT2D eigenvalue weighted by Crippen LogP contribution is 2.48. The molecule has 3 N–H and O–H groups in total. The molecule has 35 heavy (non-hydrogen) atoms. The van der Waals surface area contributed by atoms with Gasteiger partial charge < -0.3 is 15.8 Å². The maximum absolute atomic E-state index is 15.1. The Balaban J connectivity index is 1.86. The van der Waals surface area contributed by atoms with Gasteiger partial charge in [-0.2, -0.15) is 4.91 Å². The number of halogens is 2. The summed E-state index contributed by atoms with van der Waals surface area (Å²) in [6, 6.07) is 2.59. The van der Waals surface area contributed by atoms with E-state index in [2.05, 4.69) is 20.5 Å². The van der Waals surface area contributed by atoms with Crippen LogP contribution in [0.1, 0.15) is 52.1 Å². The number of pyridine rings is 1. The molecule has 0 aliphatic carbocycles. The zero-order valence-electron chi connectivity index (χ0n) is 20.0. The smallest absolute Gasteiger partial charge is 0.275 e. The van der Waals surface area contributed by atoms with Crippen molar-refractivity contribution in [2.24, 2.45) is 20.9 Å². The molecule has 0 aromatic carbocycles. The lowest BCUT2D eigenvalue weighted by molar-refractivity contribution is -0.112. The molecule has 0 fully saturated rings. The van der Waals surface area contributed by atoms with E-state index in [1.165, 1.54) is 24.4 Å². The van der Waals surface area contributed by atoms with Gasteiger partial charge in [-0.3, -0.25) is 14.8 Å². The molecule has 0 saturated carbocycles. The lowest BCUT2D eigenvalue weighted by Crippen LogP contribution is -2.49. The number of hydrogen-bond donors (Lipinski definition) is 2. The van der Waals surface area contributed by atoms with Crippen LogP contribution in [0.3, 0.4) is 0 Å². The number of unbranched alkanes of at least 4 members (excludes halogenated alkanes) is 1. The number of amidine groups is 1. The lowest BCUT2D eigenvalue weighted by Gasteiger charge is -2.43. The molecular weight excluding hydrogens is 478 g/mol. The van der Waals surface area contributed by atoms with Crippen LogP contribution >= 0.6 is 11.8 Å². The second-order valence-corrected chi connectivity index (χ2v) is 10.8. The normalized spacial score (nSPS) is 25.5. The first-order valence-corrected chi connectivity index (χ1v) is 12.2. The number of anilines is 1. The average Bonchev–Trinajstić information content (AvgIpc) is 2.82. The van der Waals surface area contributed by atoms with Gasteiger partial charge in [0.1, 0.15) is 34.4 Å². The van der Waals surface area contributed by atoms with Crippen LogP contribution in [0.4, 0.5) is 14.6 Å². The molecule has 1 aromatic rings. The minimum absolute atomic E-state index is 0.0669. The van der Waals surface area contributed by atoms with Gasteiger partial charge in [-0.1, -0.05) is 17.7 Å². The van der Waals surface area contributed by atoms with Gasteiger partial charge in [0.25, 0.3) is 5.91 Å². The first kappa shape index (κ1) is 26.9. The number of ether oxygens (including phenoxy) is 1. The number of aromatic nitrogens is 1. The van der Waals surface area contributed by atoms with Crippen molar-refractivity contribution in [2.45, 2.75) is 68.1 Å². The number of thioether (sulfide) groups is 1. The molecule has 0 radical (unpaired) electrons. The highest BCUT2D eigenvalue weighted by Gasteiger charge is 2.47. The number of nitrogens with one attached hydrogen (secondary N) is 1. The number of carbonyl (C=O) groups excluding carboxylic acids is 1. The van der Waals surface area contributed by atoms with Crippen LogP contribution in [-0.2, 0) is 15.1 Å². The Labute approximate surface area is 207 Å². The average molecular weight is 509 g/mol. The number of carbonyl (C=O) groups is 1. The van der Waals surface area contributed by atoms with Crippen molar-refractivity contribution < 1.29 is 18.3 Å². The third kappa shape index (κ3) is 6.29.